The average Bonchev–Trinajstić information content (AvgIpc) is 3.27. The zero-order chi connectivity index (χ0) is 21.0. The zero-order valence-corrected chi connectivity index (χ0v) is 16.6. The van der Waals surface area contributed by atoms with Gasteiger partial charge in [-0.05, 0) is 36.8 Å². The number of aromatic carboxylic acids is 1. The predicted molar refractivity (Wildman–Crippen MR) is 112 cm³/mol. The summed E-state index contributed by atoms with van der Waals surface area (Å²) in [5, 5.41) is 21.1. The van der Waals surface area contributed by atoms with E-state index in [1.807, 2.05) is 0 Å². The minimum Gasteiger partial charge on any atom is -0.507 e. The third-order valence-corrected chi connectivity index (χ3v) is 5.36. The first kappa shape index (κ1) is 20.6. The monoisotopic (exact) mass is 432 g/mol. The number of hydrogen-bond donors (Lipinski definition) is 3. The van der Waals surface area contributed by atoms with Crippen LogP contribution >= 0.6 is 24.0 Å². The molecule has 3 rings (SSSR count). The van der Waals surface area contributed by atoms with E-state index in [0.717, 1.165) is 0 Å². The fourth-order valence-electron chi connectivity index (χ4n) is 2.60. The molecule has 150 valence electrons. The van der Waals surface area contributed by atoms with E-state index in [2.05, 4.69) is 5.32 Å². The number of amides is 2. The molecule has 8 nitrogen and oxygen atoms in total. The summed E-state index contributed by atoms with van der Waals surface area (Å²) >= 11 is 6.42. The molecule has 2 aromatic rings. The summed E-state index contributed by atoms with van der Waals surface area (Å²) in [7, 11) is 0. The summed E-state index contributed by atoms with van der Waals surface area (Å²) in [5.41, 5.74) is -0.0408. The number of anilines is 1. The summed E-state index contributed by atoms with van der Waals surface area (Å²) in [5.74, 6) is -1.70. The zero-order valence-electron chi connectivity index (χ0n) is 15.0. The molecule has 1 aromatic heterocycles. The van der Waals surface area contributed by atoms with E-state index in [9.17, 15) is 19.5 Å². The van der Waals surface area contributed by atoms with Crippen LogP contribution in [0.15, 0.2) is 45.9 Å². The molecule has 0 saturated carbocycles. The van der Waals surface area contributed by atoms with Crippen molar-refractivity contribution in [2.45, 2.75) is 12.8 Å². The third-order valence-electron chi connectivity index (χ3n) is 3.99. The molecule has 0 bridgehead atoms. The van der Waals surface area contributed by atoms with Crippen molar-refractivity contribution in [3.05, 3.63) is 52.8 Å². The molecule has 1 aliphatic heterocycles. The van der Waals surface area contributed by atoms with Gasteiger partial charge in [0.1, 0.15) is 21.4 Å². The molecule has 0 radical (unpaired) electrons. The Kier molecular flexibility index (Phi) is 6.35. The molecule has 0 atom stereocenters. The topological polar surface area (TPSA) is 120 Å². The van der Waals surface area contributed by atoms with Crippen molar-refractivity contribution in [1.82, 2.24) is 4.90 Å². The van der Waals surface area contributed by atoms with Gasteiger partial charge in [0, 0.05) is 24.7 Å². The largest absolute Gasteiger partial charge is 0.507 e. The number of aromatic hydroxyl groups is 1. The molecule has 1 saturated heterocycles. The Labute approximate surface area is 175 Å². The van der Waals surface area contributed by atoms with Crippen molar-refractivity contribution >= 4 is 57.8 Å². The normalized spacial score (nSPS) is 15.2. The first-order valence-corrected chi connectivity index (χ1v) is 9.72. The highest BCUT2D eigenvalue weighted by atomic mass is 32.2. The Morgan fingerprint density at radius 2 is 2.10 bits per heavy atom. The minimum atomic E-state index is -1.30. The van der Waals surface area contributed by atoms with Gasteiger partial charge in [-0.25, -0.2) is 4.79 Å². The number of carbonyl (C=O) groups is 3. The number of carbonyl (C=O) groups excluding carboxylic acids is 2. The average molecular weight is 432 g/mol. The van der Waals surface area contributed by atoms with E-state index in [1.54, 1.807) is 18.2 Å². The molecule has 2 amide bonds. The highest BCUT2D eigenvalue weighted by Gasteiger charge is 2.31. The molecule has 0 spiro atoms. The Bertz CT molecular complexity index is 1000. The quantitative estimate of drug-likeness (QED) is 0.346. The maximum absolute atomic E-state index is 12.5. The molecule has 10 heteroatoms. The van der Waals surface area contributed by atoms with Crippen LogP contribution in [0.3, 0.4) is 0 Å². The number of carboxylic acid groups (broad SMARTS) is 1. The standard InChI is InChI=1S/C19H16N2O6S2/c22-14-6-5-11(9-13(14)18(25)26)20-16(23)4-1-7-21-17(24)15(29-19(21)28)10-12-3-2-8-27-12/h2-3,5-6,8-10,22H,1,4,7H2,(H,20,23)(H,25,26). The second kappa shape index (κ2) is 8.93. The van der Waals surface area contributed by atoms with Crippen molar-refractivity contribution in [3.8, 4) is 5.75 Å². The number of hydrogen-bond acceptors (Lipinski definition) is 7. The first-order valence-electron chi connectivity index (χ1n) is 8.50. The number of nitrogens with zero attached hydrogens (tertiary/aromatic N) is 1. The maximum atomic E-state index is 12.5. The molecule has 2 heterocycles. The number of thioether (sulfide) groups is 1. The number of benzene rings is 1. The summed E-state index contributed by atoms with van der Waals surface area (Å²) in [6, 6.07) is 7.23. The van der Waals surface area contributed by atoms with Gasteiger partial charge in [0.05, 0.1) is 11.2 Å². The van der Waals surface area contributed by atoms with Gasteiger partial charge in [0.15, 0.2) is 0 Å². The van der Waals surface area contributed by atoms with E-state index in [-0.39, 0.29) is 41.8 Å². The van der Waals surface area contributed by atoms with E-state index in [1.165, 1.54) is 41.1 Å². The fourth-order valence-corrected chi connectivity index (χ4v) is 3.89. The predicted octanol–water partition coefficient (Wildman–Crippen LogP) is 3.30. The summed E-state index contributed by atoms with van der Waals surface area (Å²) in [6.45, 7) is 0.281. The Morgan fingerprint density at radius 3 is 2.79 bits per heavy atom. The van der Waals surface area contributed by atoms with Gasteiger partial charge in [-0.3, -0.25) is 14.5 Å². The lowest BCUT2D eigenvalue weighted by Gasteiger charge is -2.14. The smallest absolute Gasteiger partial charge is 0.339 e. The number of furan rings is 1. The Morgan fingerprint density at radius 1 is 1.31 bits per heavy atom. The lowest BCUT2D eigenvalue weighted by molar-refractivity contribution is -0.122. The van der Waals surface area contributed by atoms with Crippen molar-refractivity contribution < 1.29 is 29.0 Å². The number of rotatable bonds is 7. The molecule has 0 unspecified atom stereocenters. The molecule has 29 heavy (non-hydrogen) atoms. The Hall–Kier alpha value is -3.11. The molecule has 0 aliphatic carbocycles. The van der Waals surface area contributed by atoms with Crippen molar-refractivity contribution in [2.75, 3.05) is 11.9 Å². The van der Waals surface area contributed by atoms with Crippen LogP contribution in [0, 0.1) is 0 Å². The van der Waals surface area contributed by atoms with Crippen LogP contribution in [-0.4, -0.2) is 43.8 Å². The van der Waals surface area contributed by atoms with Gasteiger partial charge in [-0.1, -0.05) is 24.0 Å². The van der Waals surface area contributed by atoms with Crippen LogP contribution in [0.25, 0.3) is 6.08 Å². The van der Waals surface area contributed by atoms with Crippen molar-refractivity contribution in [1.29, 1.82) is 0 Å². The summed E-state index contributed by atoms with van der Waals surface area (Å²) < 4.78 is 5.62. The number of carboxylic acids is 1. The van der Waals surface area contributed by atoms with Gasteiger partial charge >= 0.3 is 5.97 Å². The van der Waals surface area contributed by atoms with Gasteiger partial charge < -0.3 is 19.9 Å². The lowest BCUT2D eigenvalue weighted by Crippen LogP contribution is -2.29. The molecule has 3 N–H and O–H groups in total. The van der Waals surface area contributed by atoms with Gasteiger partial charge in [-0.15, -0.1) is 0 Å². The third kappa shape index (κ3) is 5.04. The second-order valence-corrected chi connectivity index (χ2v) is 7.71. The lowest BCUT2D eigenvalue weighted by atomic mass is 10.1. The van der Waals surface area contributed by atoms with Crippen LogP contribution in [0.1, 0.15) is 29.0 Å². The highest BCUT2D eigenvalue weighted by molar-refractivity contribution is 8.26. The SMILES string of the molecule is O=C(CCCN1C(=O)C(=Cc2ccco2)SC1=S)Nc1ccc(O)c(C(=O)O)c1. The van der Waals surface area contributed by atoms with Crippen LogP contribution < -0.4 is 5.32 Å². The van der Waals surface area contributed by atoms with Crippen LogP contribution in [0.2, 0.25) is 0 Å². The van der Waals surface area contributed by atoms with Gasteiger partial charge in [0.2, 0.25) is 5.91 Å². The molecular formula is C19H16N2O6S2. The van der Waals surface area contributed by atoms with Crippen LogP contribution in [-0.2, 0) is 9.59 Å². The maximum Gasteiger partial charge on any atom is 0.339 e. The molecular weight excluding hydrogens is 416 g/mol. The van der Waals surface area contributed by atoms with Gasteiger partial charge in [0.25, 0.3) is 5.91 Å². The van der Waals surface area contributed by atoms with Crippen LogP contribution in [0.5, 0.6) is 5.75 Å². The van der Waals surface area contributed by atoms with E-state index in [0.29, 0.717) is 21.4 Å². The van der Waals surface area contributed by atoms with Crippen LogP contribution in [0.4, 0.5) is 5.69 Å². The second-order valence-electron chi connectivity index (χ2n) is 6.04. The number of nitrogens with one attached hydrogen (secondary N) is 1. The van der Waals surface area contributed by atoms with E-state index < -0.39 is 5.97 Å². The highest BCUT2D eigenvalue weighted by Crippen LogP contribution is 2.32. The number of thiocarbonyl (C=S) groups is 1. The summed E-state index contributed by atoms with van der Waals surface area (Å²) in [6.07, 6.45) is 3.61. The molecule has 1 fully saturated rings. The van der Waals surface area contributed by atoms with Crippen molar-refractivity contribution in [2.24, 2.45) is 0 Å². The Balaban J connectivity index is 1.53. The molecule has 1 aliphatic rings. The first-order chi connectivity index (χ1) is 13.8. The van der Waals surface area contributed by atoms with Gasteiger partial charge in [-0.2, -0.15) is 0 Å². The van der Waals surface area contributed by atoms with Crippen molar-refractivity contribution in [3.63, 3.8) is 0 Å². The van der Waals surface area contributed by atoms with E-state index in [4.69, 9.17) is 21.7 Å². The minimum absolute atomic E-state index is 0.109. The summed E-state index contributed by atoms with van der Waals surface area (Å²) in [4.78, 5) is 37.5. The molecule has 1 aromatic carbocycles. The number of phenols is 1. The van der Waals surface area contributed by atoms with E-state index >= 15 is 0 Å². The fraction of sp³-hybridized carbons (Fsp3) is 0.158.